The first-order valence-electron chi connectivity index (χ1n) is 7.34. The lowest BCUT2D eigenvalue weighted by atomic mass is 9.99. The Bertz CT molecular complexity index is 472. The van der Waals surface area contributed by atoms with Crippen LogP contribution in [0.5, 0.6) is 0 Å². The van der Waals surface area contributed by atoms with Crippen molar-refractivity contribution in [1.82, 2.24) is 10.2 Å². The predicted octanol–water partition coefficient (Wildman–Crippen LogP) is 3.15. The van der Waals surface area contributed by atoms with Gasteiger partial charge in [0.05, 0.1) is 5.69 Å². The van der Waals surface area contributed by atoms with Crippen LogP contribution in [0.1, 0.15) is 62.7 Å². The fraction of sp³-hybridized carbons (Fsp3) is 0.667. The van der Waals surface area contributed by atoms with E-state index in [1.165, 1.54) is 0 Å². The molecule has 0 bridgehead atoms. The summed E-state index contributed by atoms with van der Waals surface area (Å²) in [6.45, 7) is 10.2. The third-order valence-corrected chi connectivity index (χ3v) is 3.63. The molecule has 1 rings (SSSR count). The van der Waals surface area contributed by atoms with Crippen LogP contribution >= 0.6 is 0 Å². The topological polar surface area (TPSA) is 75.1 Å². The van der Waals surface area contributed by atoms with E-state index in [-0.39, 0.29) is 11.6 Å². The summed E-state index contributed by atoms with van der Waals surface area (Å²) < 4.78 is 0. The number of hydrogen-bond donors (Lipinski definition) is 2. The average Bonchev–Trinajstić information content (AvgIpc) is 2.42. The van der Waals surface area contributed by atoms with Crippen LogP contribution in [0.25, 0.3) is 0 Å². The van der Waals surface area contributed by atoms with Crippen molar-refractivity contribution in [2.24, 2.45) is 5.92 Å². The number of rotatable bonds is 7. The maximum Gasteiger partial charge on any atom is 0.339 e. The molecule has 0 fully saturated rings. The molecular formula is C15H25N3O2. The summed E-state index contributed by atoms with van der Waals surface area (Å²) in [5, 5.41) is 21.1. The Balaban J connectivity index is 3.29. The lowest BCUT2D eigenvalue weighted by Crippen LogP contribution is -2.27. The van der Waals surface area contributed by atoms with E-state index < -0.39 is 5.97 Å². The highest BCUT2D eigenvalue weighted by Gasteiger charge is 2.22. The summed E-state index contributed by atoms with van der Waals surface area (Å²) in [6.07, 6.45) is 2.25. The zero-order chi connectivity index (χ0) is 15.3. The minimum Gasteiger partial charge on any atom is -0.478 e. The van der Waals surface area contributed by atoms with Gasteiger partial charge in [0, 0.05) is 6.04 Å². The van der Waals surface area contributed by atoms with E-state index in [1.807, 2.05) is 13.8 Å². The summed E-state index contributed by atoms with van der Waals surface area (Å²) >= 11 is 0. The van der Waals surface area contributed by atoms with Gasteiger partial charge in [-0.15, -0.1) is 5.10 Å². The van der Waals surface area contributed by atoms with Crippen molar-refractivity contribution < 1.29 is 9.90 Å². The number of hydrogen-bond acceptors (Lipinski definition) is 4. The fourth-order valence-corrected chi connectivity index (χ4v) is 2.42. The highest BCUT2D eigenvalue weighted by molar-refractivity contribution is 5.95. The van der Waals surface area contributed by atoms with E-state index in [9.17, 15) is 9.90 Å². The van der Waals surface area contributed by atoms with Gasteiger partial charge in [-0.25, -0.2) is 4.79 Å². The third-order valence-electron chi connectivity index (χ3n) is 3.63. The summed E-state index contributed by atoms with van der Waals surface area (Å²) in [5.41, 5.74) is 1.84. The Morgan fingerprint density at radius 3 is 2.25 bits per heavy atom. The van der Waals surface area contributed by atoms with Crippen LogP contribution in [0, 0.1) is 5.92 Å². The third kappa shape index (κ3) is 3.46. The molecule has 0 aliphatic heterocycles. The van der Waals surface area contributed by atoms with Gasteiger partial charge in [0.15, 0.2) is 5.82 Å². The number of carbonyl (C=O) groups is 1. The molecule has 0 spiro atoms. The van der Waals surface area contributed by atoms with E-state index in [4.69, 9.17) is 0 Å². The lowest BCUT2D eigenvalue weighted by Gasteiger charge is -2.23. The summed E-state index contributed by atoms with van der Waals surface area (Å²) in [6, 6.07) is 0.194. The van der Waals surface area contributed by atoms with Gasteiger partial charge in [-0.3, -0.25) is 0 Å². The van der Waals surface area contributed by atoms with Crippen molar-refractivity contribution in [1.29, 1.82) is 0 Å². The SMILES string of the molecule is CCc1nnc(NC(CC)C(C)C)c(C(=O)O)c1CC. The molecule has 2 N–H and O–H groups in total. The van der Waals surface area contributed by atoms with E-state index in [1.54, 1.807) is 0 Å². The average molecular weight is 279 g/mol. The number of carboxylic acid groups (broad SMARTS) is 1. The van der Waals surface area contributed by atoms with Gasteiger partial charge < -0.3 is 10.4 Å². The second-order valence-corrected chi connectivity index (χ2v) is 5.26. The molecule has 1 aromatic rings. The van der Waals surface area contributed by atoms with Crippen LogP contribution in [0.3, 0.4) is 0 Å². The van der Waals surface area contributed by atoms with Crippen LogP contribution in [0.4, 0.5) is 5.82 Å². The molecule has 1 unspecified atom stereocenters. The second kappa shape index (κ2) is 7.22. The number of nitrogens with zero attached hydrogens (tertiary/aromatic N) is 2. The maximum atomic E-state index is 11.6. The van der Waals surface area contributed by atoms with Crippen molar-refractivity contribution >= 4 is 11.8 Å². The van der Waals surface area contributed by atoms with Crippen molar-refractivity contribution in [2.75, 3.05) is 5.32 Å². The Morgan fingerprint density at radius 2 is 1.85 bits per heavy atom. The van der Waals surface area contributed by atoms with E-state index in [2.05, 4.69) is 36.3 Å². The van der Waals surface area contributed by atoms with E-state index in [0.29, 0.717) is 24.6 Å². The number of anilines is 1. The summed E-state index contributed by atoms with van der Waals surface area (Å²) in [5.74, 6) is -0.140. The highest BCUT2D eigenvalue weighted by atomic mass is 16.4. The van der Waals surface area contributed by atoms with Crippen molar-refractivity contribution in [3.63, 3.8) is 0 Å². The van der Waals surface area contributed by atoms with Gasteiger partial charge in [0.1, 0.15) is 5.56 Å². The quantitative estimate of drug-likeness (QED) is 0.802. The highest BCUT2D eigenvalue weighted by Crippen LogP contribution is 2.23. The van der Waals surface area contributed by atoms with Gasteiger partial charge in [-0.05, 0) is 30.7 Å². The van der Waals surface area contributed by atoms with Gasteiger partial charge in [0.2, 0.25) is 0 Å². The van der Waals surface area contributed by atoms with Crippen molar-refractivity contribution in [3.05, 3.63) is 16.8 Å². The molecule has 0 aromatic carbocycles. The van der Waals surface area contributed by atoms with Crippen LogP contribution in [0.2, 0.25) is 0 Å². The zero-order valence-electron chi connectivity index (χ0n) is 13.0. The Labute approximate surface area is 120 Å². The van der Waals surface area contributed by atoms with Crippen molar-refractivity contribution in [2.45, 2.75) is 59.9 Å². The molecule has 0 saturated carbocycles. The zero-order valence-corrected chi connectivity index (χ0v) is 13.0. The maximum absolute atomic E-state index is 11.6. The number of aromatic nitrogens is 2. The first kappa shape index (κ1) is 16.4. The minimum absolute atomic E-state index is 0.194. The molecule has 5 nitrogen and oxygen atoms in total. The largest absolute Gasteiger partial charge is 0.478 e. The molecule has 0 radical (unpaired) electrons. The minimum atomic E-state index is -0.937. The number of nitrogens with one attached hydrogen (secondary N) is 1. The molecular weight excluding hydrogens is 254 g/mol. The normalized spacial score (nSPS) is 12.5. The number of carboxylic acids is 1. The lowest BCUT2D eigenvalue weighted by molar-refractivity contribution is 0.0696. The predicted molar refractivity (Wildman–Crippen MR) is 80.3 cm³/mol. The van der Waals surface area contributed by atoms with Crippen LogP contribution in [0.15, 0.2) is 0 Å². The molecule has 1 heterocycles. The van der Waals surface area contributed by atoms with Crippen LogP contribution < -0.4 is 5.32 Å². The first-order chi connectivity index (χ1) is 9.46. The van der Waals surface area contributed by atoms with Gasteiger partial charge >= 0.3 is 5.97 Å². The Kier molecular flexibility index (Phi) is 5.92. The van der Waals surface area contributed by atoms with Gasteiger partial charge in [-0.1, -0.05) is 34.6 Å². The van der Waals surface area contributed by atoms with Crippen LogP contribution in [-0.2, 0) is 12.8 Å². The first-order valence-corrected chi connectivity index (χ1v) is 7.34. The van der Waals surface area contributed by atoms with E-state index in [0.717, 1.165) is 17.7 Å². The molecule has 0 aliphatic carbocycles. The molecule has 1 aromatic heterocycles. The molecule has 112 valence electrons. The second-order valence-electron chi connectivity index (χ2n) is 5.26. The number of aryl methyl sites for hydroxylation is 1. The fourth-order valence-electron chi connectivity index (χ4n) is 2.42. The monoisotopic (exact) mass is 279 g/mol. The summed E-state index contributed by atoms with van der Waals surface area (Å²) in [7, 11) is 0. The molecule has 1 atom stereocenters. The Morgan fingerprint density at radius 1 is 1.20 bits per heavy atom. The molecule has 5 heteroatoms. The van der Waals surface area contributed by atoms with Gasteiger partial charge in [-0.2, -0.15) is 5.10 Å². The molecule has 0 aliphatic rings. The smallest absolute Gasteiger partial charge is 0.339 e. The molecule has 0 saturated heterocycles. The van der Waals surface area contributed by atoms with Gasteiger partial charge in [0.25, 0.3) is 0 Å². The van der Waals surface area contributed by atoms with E-state index >= 15 is 0 Å². The molecule has 0 amide bonds. The van der Waals surface area contributed by atoms with Crippen LogP contribution in [-0.4, -0.2) is 27.3 Å². The van der Waals surface area contributed by atoms with Crippen molar-refractivity contribution in [3.8, 4) is 0 Å². The standard InChI is InChI=1S/C15H25N3O2/c1-6-10-12(8-3)17-18-14(13(10)15(19)20)16-11(7-2)9(4)5/h9,11H,6-8H2,1-5H3,(H,16,18)(H,19,20). The number of aromatic carboxylic acids is 1. The molecule has 20 heavy (non-hydrogen) atoms. The Hall–Kier alpha value is -1.65. The summed E-state index contributed by atoms with van der Waals surface area (Å²) in [4.78, 5) is 11.6.